The maximum Gasteiger partial charge on any atom is 0.313 e. The third-order valence-corrected chi connectivity index (χ3v) is 8.57. The molecule has 0 aromatic heterocycles. The maximum absolute atomic E-state index is 12.2. The van der Waals surface area contributed by atoms with Crippen molar-refractivity contribution < 1.29 is 9.90 Å². The van der Waals surface area contributed by atoms with Crippen LogP contribution in [0.15, 0.2) is 22.3 Å². The molecule has 0 radical (unpaired) electrons. The van der Waals surface area contributed by atoms with Crippen molar-refractivity contribution in [2.75, 3.05) is 0 Å². The first kappa shape index (κ1) is 16.1. The molecule has 0 aromatic carbocycles. The van der Waals surface area contributed by atoms with Crippen molar-refractivity contribution >= 4 is 5.97 Å². The molecule has 5 rings (SSSR count). The Kier molecular flexibility index (Phi) is 3.87. The van der Waals surface area contributed by atoms with E-state index in [4.69, 9.17) is 0 Å². The van der Waals surface area contributed by atoms with Crippen LogP contribution in [0.2, 0.25) is 0 Å². The van der Waals surface area contributed by atoms with Gasteiger partial charge in [0.2, 0.25) is 0 Å². The maximum atomic E-state index is 12.2. The Morgan fingerprint density at radius 2 is 1.64 bits per heavy atom. The van der Waals surface area contributed by atoms with Gasteiger partial charge in [-0.15, -0.1) is 0 Å². The van der Waals surface area contributed by atoms with E-state index in [1.165, 1.54) is 63.4 Å². The average Bonchev–Trinajstić information content (AvgIpc) is 2.66. The number of aliphatic carboxylic acids is 1. The molecular formula is C23H32O2. The third kappa shape index (κ3) is 2.32. The molecular weight excluding hydrogens is 308 g/mol. The summed E-state index contributed by atoms with van der Waals surface area (Å²) in [5.74, 6) is 1.97. The molecule has 25 heavy (non-hydrogen) atoms. The Morgan fingerprint density at radius 1 is 0.800 bits per heavy atom. The largest absolute Gasteiger partial charge is 0.481 e. The van der Waals surface area contributed by atoms with Gasteiger partial charge in [0.1, 0.15) is 0 Å². The van der Waals surface area contributed by atoms with Crippen LogP contribution >= 0.6 is 0 Å². The summed E-state index contributed by atoms with van der Waals surface area (Å²) in [5.41, 5.74) is 6.15. The van der Waals surface area contributed by atoms with Crippen LogP contribution < -0.4 is 0 Å². The van der Waals surface area contributed by atoms with E-state index in [1.54, 1.807) is 11.1 Å². The van der Waals surface area contributed by atoms with Gasteiger partial charge < -0.3 is 5.11 Å². The van der Waals surface area contributed by atoms with E-state index in [1.807, 2.05) is 5.57 Å². The van der Waals surface area contributed by atoms with Crippen LogP contribution in [-0.2, 0) is 4.79 Å². The van der Waals surface area contributed by atoms with Crippen LogP contribution in [0, 0.1) is 23.2 Å². The van der Waals surface area contributed by atoms with Crippen molar-refractivity contribution in [2.45, 2.75) is 89.9 Å². The molecule has 2 heteroatoms. The van der Waals surface area contributed by atoms with E-state index in [-0.39, 0.29) is 0 Å². The van der Waals surface area contributed by atoms with Gasteiger partial charge in [0.05, 0.1) is 5.41 Å². The minimum atomic E-state index is -0.524. The minimum Gasteiger partial charge on any atom is -0.481 e. The van der Waals surface area contributed by atoms with Gasteiger partial charge in [-0.1, -0.05) is 41.6 Å². The molecule has 0 amide bonds. The van der Waals surface area contributed by atoms with Gasteiger partial charge in [0, 0.05) is 5.92 Å². The van der Waals surface area contributed by atoms with Gasteiger partial charge in [0.25, 0.3) is 0 Å². The molecule has 2 nitrogen and oxygen atoms in total. The standard InChI is InChI=1S/C23H32O2/c24-22(25)23-13-4-3-7-21(23)20-11-10-17-16-6-2-1-5-15(16)8-9-18(17)19(20)12-14-23/h15-16,19H,1-14H2,(H,24,25). The van der Waals surface area contributed by atoms with E-state index in [2.05, 4.69) is 0 Å². The molecule has 0 bridgehead atoms. The number of carbonyl (C=O) groups is 1. The molecule has 5 aliphatic rings. The summed E-state index contributed by atoms with van der Waals surface area (Å²) in [6, 6.07) is 0. The normalized spacial score (nSPS) is 40.7. The van der Waals surface area contributed by atoms with Gasteiger partial charge in [-0.25, -0.2) is 0 Å². The molecule has 2 fully saturated rings. The zero-order valence-electron chi connectivity index (χ0n) is 15.5. The molecule has 0 aromatic rings. The number of hydrogen-bond acceptors (Lipinski definition) is 1. The lowest BCUT2D eigenvalue weighted by atomic mass is 9.54. The first-order chi connectivity index (χ1) is 12.2. The number of hydrogen-bond donors (Lipinski definition) is 1. The fraction of sp³-hybridized carbons (Fsp3) is 0.783. The Hall–Kier alpha value is -1.05. The number of allylic oxidation sites excluding steroid dienone is 3. The van der Waals surface area contributed by atoms with Gasteiger partial charge in [-0.05, 0) is 82.5 Å². The SMILES string of the molecule is O=C(O)C12CCCCC1=C1CCC3=C(CCC4CCCCC34)C1CC2. The van der Waals surface area contributed by atoms with E-state index in [0.29, 0.717) is 5.92 Å². The molecule has 136 valence electrons. The Morgan fingerprint density at radius 3 is 2.52 bits per heavy atom. The van der Waals surface area contributed by atoms with Crippen molar-refractivity contribution in [3.05, 3.63) is 22.3 Å². The van der Waals surface area contributed by atoms with E-state index >= 15 is 0 Å². The lowest BCUT2D eigenvalue weighted by Crippen LogP contribution is -2.42. The van der Waals surface area contributed by atoms with Crippen LogP contribution in [0.3, 0.4) is 0 Å². The van der Waals surface area contributed by atoms with E-state index in [0.717, 1.165) is 43.9 Å². The number of carboxylic acid groups (broad SMARTS) is 1. The first-order valence-electron chi connectivity index (χ1n) is 10.9. The lowest BCUT2D eigenvalue weighted by molar-refractivity contribution is -0.148. The molecule has 5 aliphatic carbocycles. The summed E-state index contributed by atoms with van der Waals surface area (Å²) < 4.78 is 0. The summed E-state index contributed by atoms with van der Waals surface area (Å²) in [7, 11) is 0. The van der Waals surface area contributed by atoms with Crippen LogP contribution in [0.25, 0.3) is 0 Å². The summed E-state index contributed by atoms with van der Waals surface area (Å²) in [5, 5.41) is 10.1. The molecule has 0 heterocycles. The third-order valence-electron chi connectivity index (χ3n) is 8.57. The monoisotopic (exact) mass is 340 g/mol. The number of rotatable bonds is 1. The summed E-state index contributed by atoms with van der Waals surface area (Å²) >= 11 is 0. The Bertz CT molecular complexity index is 655. The van der Waals surface area contributed by atoms with Crippen molar-refractivity contribution in [1.29, 1.82) is 0 Å². The fourth-order valence-corrected chi connectivity index (χ4v) is 7.46. The minimum absolute atomic E-state index is 0.482. The van der Waals surface area contributed by atoms with Gasteiger partial charge >= 0.3 is 5.97 Å². The first-order valence-corrected chi connectivity index (χ1v) is 10.9. The summed E-state index contributed by atoms with van der Waals surface area (Å²) in [6.45, 7) is 0. The molecule has 0 aliphatic heterocycles. The van der Waals surface area contributed by atoms with Crippen molar-refractivity contribution in [1.82, 2.24) is 0 Å². The highest BCUT2D eigenvalue weighted by atomic mass is 16.4. The Balaban J connectivity index is 1.55. The smallest absolute Gasteiger partial charge is 0.313 e. The second-order valence-corrected chi connectivity index (χ2v) is 9.43. The zero-order valence-corrected chi connectivity index (χ0v) is 15.5. The predicted octanol–water partition coefficient (Wildman–Crippen LogP) is 6.03. The van der Waals surface area contributed by atoms with Crippen LogP contribution in [0.4, 0.5) is 0 Å². The van der Waals surface area contributed by atoms with Crippen molar-refractivity contribution in [3.63, 3.8) is 0 Å². The second kappa shape index (κ2) is 5.99. The molecule has 0 spiro atoms. The number of fused-ring (bicyclic) bond motifs is 5. The highest BCUT2D eigenvalue weighted by molar-refractivity contribution is 5.80. The van der Waals surface area contributed by atoms with Gasteiger partial charge in [-0.3, -0.25) is 4.79 Å². The van der Waals surface area contributed by atoms with E-state index < -0.39 is 11.4 Å². The molecule has 0 saturated heterocycles. The summed E-state index contributed by atoms with van der Waals surface area (Å²) in [4.78, 5) is 12.2. The lowest BCUT2D eigenvalue weighted by Gasteiger charge is -2.49. The second-order valence-electron chi connectivity index (χ2n) is 9.43. The molecule has 4 atom stereocenters. The van der Waals surface area contributed by atoms with Crippen LogP contribution in [-0.4, -0.2) is 11.1 Å². The topological polar surface area (TPSA) is 37.3 Å². The van der Waals surface area contributed by atoms with E-state index in [9.17, 15) is 9.90 Å². The number of carboxylic acids is 1. The molecule has 4 unspecified atom stereocenters. The quantitative estimate of drug-likeness (QED) is 0.592. The fourth-order valence-electron chi connectivity index (χ4n) is 7.46. The molecule has 2 saturated carbocycles. The zero-order chi connectivity index (χ0) is 17.0. The highest BCUT2D eigenvalue weighted by Gasteiger charge is 2.50. The van der Waals surface area contributed by atoms with Crippen LogP contribution in [0.5, 0.6) is 0 Å². The molecule has 1 N–H and O–H groups in total. The summed E-state index contributed by atoms with van der Waals surface area (Å²) in [6.07, 6.45) is 17.2. The highest BCUT2D eigenvalue weighted by Crippen LogP contribution is 2.59. The predicted molar refractivity (Wildman–Crippen MR) is 99.2 cm³/mol. The average molecular weight is 341 g/mol. The van der Waals surface area contributed by atoms with Crippen LogP contribution in [0.1, 0.15) is 89.9 Å². The van der Waals surface area contributed by atoms with Gasteiger partial charge in [0.15, 0.2) is 0 Å². The van der Waals surface area contributed by atoms with Crippen molar-refractivity contribution in [2.24, 2.45) is 23.2 Å². The van der Waals surface area contributed by atoms with Gasteiger partial charge in [-0.2, -0.15) is 0 Å². The van der Waals surface area contributed by atoms with Crippen molar-refractivity contribution in [3.8, 4) is 0 Å². The Labute approximate surface area is 151 Å².